The molecule has 0 spiro atoms. The van der Waals surface area contributed by atoms with E-state index in [-0.39, 0.29) is 57.9 Å². The Hall–Kier alpha value is -4.19. The van der Waals surface area contributed by atoms with E-state index in [0.717, 1.165) is 5.56 Å². The molecule has 40 heavy (non-hydrogen) atoms. The van der Waals surface area contributed by atoms with E-state index >= 15 is 0 Å². The van der Waals surface area contributed by atoms with E-state index in [0.29, 0.717) is 30.9 Å². The first-order valence-electron chi connectivity index (χ1n) is 13.4. The Balaban J connectivity index is 1.78. The van der Waals surface area contributed by atoms with Gasteiger partial charge in [-0.15, -0.1) is 0 Å². The van der Waals surface area contributed by atoms with Gasteiger partial charge in [-0.1, -0.05) is 30.3 Å². The maximum absolute atomic E-state index is 13.4. The summed E-state index contributed by atoms with van der Waals surface area (Å²) in [5.41, 5.74) is 1.27. The summed E-state index contributed by atoms with van der Waals surface area (Å²) in [7, 11) is 0. The summed E-state index contributed by atoms with van der Waals surface area (Å²) in [5.74, 6) is -1.77. The fourth-order valence-corrected chi connectivity index (χ4v) is 4.17. The summed E-state index contributed by atoms with van der Waals surface area (Å²) < 4.78 is 10.8. The van der Waals surface area contributed by atoms with Gasteiger partial charge in [0.2, 0.25) is 5.91 Å². The van der Waals surface area contributed by atoms with Crippen molar-refractivity contribution in [3.63, 3.8) is 0 Å². The lowest BCUT2D eigenvalue weighted by atomic mass is 10.1. The summed E-state index contributed by atoms with van der Waals surface area (Å²) >= 11 is 0. The summed E-state index contributed by atoms with van der Waals surface area (Å²) in [6.07, 6.45) is 0.308. The molecule has 1 fully saturated rings. The van der Waals surface area contributed by atoms with Crippen molar-refractivity contribution in [3.05, 3.63) is 48.2 Å². The Morgan fingerprint density at radius 2 is 1.73 bits per heavy atom. The number of piperazine rings is 1. The van der Waals surface area contributed by atoms with Crippen LogP contribution in [0.25, 0.3) is 11.3 Å². The van der Waals surface area contributed by atoms with Crippen LogP contribution in [0, 0.1) is 0 Å². The number of nitrogens with zero attached hydrogens (tertiary/aromatic N) is 3. The maximum atomic E-state index is 13.4. The zero-order valence-corrected chi connectivity index (χ0v) is 22.6. The van der Waals surface area contributed by atoms with Crippen molar-refractivity contribution in [2.24, 2.45) is 0 Å². The SMILES string of the molecule is CCOC(=O)N1CCN(C(=O)[C@H](CCC(=O)O)NC(=O)c2cc(OCCCCO)cc(-c3ccccc3)n2)CC1. The number of aliphatic hydroxyl groups excluding tert-OH is 1. The van der Waals surface area contributed by atoms with Gasteiger partial charge in [0, 0.05) is 56.9 Å². The summed E-state index contributed by atoms with van der Waals surface area (Å²) in [6, 6.07) is 11.3. The number of amides is 3. The normalized spacial score (nSPS) is 13.8. The number of aromatic nitrogens is 1. The third-order valence-corrected chi connectivity index (χ3v) is 6.29. The van der Waals surface area contributed by atoms with Crippen molar-refractivity contribution >= 4 is 23.9 Å². The molecule has 1 aromatic carbocycles. The zero-order valence-electron chi connectivity index (χ0n) is 22.6. The number of carbonyl (C=O) groups excluding carboxylic acids is 3. The molecule has 3 N–H and O–H groups in total. The van der Waals surface area contributed by atoms with Crippen molar-refractivity contribution < 1.29 is 38.9 Å². The van der Waals surface area contributed by atoms with Crippen LogP contribution in [0.4, 0.5) is 4.79 Å². The van der Waals surface area contributed by atoms with E-state index in [1.807, 2.05) is 30.3 Å². The molecule has 1 atom stereocenters. The average molecular weight is 557 g/mol. The molecule has 216 valence electrons. The van der Waals surface area contributed by atoms with Gasteiger partial charge in [0.05, 0.1) is 18.9 Å². The minimum absolute atomic E-state index is 0.0127. The predicted octanol–water partition coefficient (Wildman–Crippen LogP) is 2.16. The molecule has 1 saturated heterocycles. The summed E-state index contributed by atoms with van der Waals surface area (Å²) in [4.78, 5) is 57.5. The molecule has 0 saturated carbocycles. The Bertz CT molecular complexity index is 1150. The van der Waals surface area contributed by atoms with Crippen molar-refractivity contribution in [1.82, 2.24) is 20.1 Å². The molecule has 12 heteroatoms. The topological polar surface area (TPSA) is 159 Å². The van der Waals surface area contributed by atoms with Crippen LogP contribution in [0.2, 0.25) is 0 Å². The predicted molar refractivity (Wildman–Crippen MR) is 145 cm³/mol. The van der Waals surface area contributed by atoms with Crippen LogP contribution in [-0.4, -0.2) is 101 Å². The average Bonchev–Trinajstić information content (AvgIpc) is 2.97. The molecule has 12 nitrogen and oxygen atoms in total. The Morgan fingerprint density at radius 1 is 1.02 bits per heavy atom. The van der Waals surface area contributed by atoms with Gasteiger partial charge in [-0.2, -0.15) is 0 Å². The van der Waals surface area contributed by atoms with Crippen LogP contribution >= 0.6 is 0 Å². The number of carboxylic acid groups (broad SMARTS) is 1. The smallest absolute Gasteiger partial charge is 0.409 e. The fourth-order valence-electron chi connectivity index (χ4n) is 4.17. The van der Waals surface area contributed by atoms with Crippen LogP contribution in [0.3, 0.4) is 0 Å². The third-order valence-electron chi connectivity index (χ3n) is 6.29. The first-order valence-corrected chi connectivity index (χ1v) is 13.4. The Labute approximate surface area is 232 Å². The molecule has 1 aliphatic rings. The van der Waals surface area contributed by atoms with Crippen molar-refractivity contribution in [3.8, 4) is 17.0 Å². The fraction of sp³-hybridized carbons (Fsp3) is 0.464. The van der Waals surface area contributed by atoms with Gasteiger partial charge in [-0.25, -0.2) is 9.78 Å². The van der Waals surface area contributed by atoms with Crippen molar-refractivity contribution in [1.29, 1.82) is 0 Å². The molecule has 2 aromatic rings. The minimum atomic E-state index is -1.10. The summed E-state index contributed by atoms with van der Waals surface area (Å²) in [5, 5.41) is 20.9. The number of hydrogen-bond donors (Lipinski definition) is 3. The molecular formula is C28H36N4O8. The lowest BCUT2D eigenvalue weighted by molar-refractivity contribution is -0.138. The molecule has 2 heterocycles. The standard InChI is InChI=1S/C28H36N4O8/c1-2-39-28(38)32-14-12-31(13-15-32)27(37)22(10-11-25(34)35)30-26(36)24-19-21(40-17-7-6-16-33)18-23(29-24)20-8-4-3-5-9-20/h3-5,8-9,18-19,22,33H,2,6-7,10-17H2,1H3,(H,30,36)(H,34,35)/t22-/m0/s1. The highest BCUT2D eigenvalue weighted by molar-refractivity contribution is 5.97. The van der Waals surface area contributed by atoms with E-state index in [9.17, 15) is 24.3 Å². The molecule has 3 amide bonds. The van der Waals surface area contributed by atoms with E-state index in [1.165, 1.54) is 15.9 Å². The first-order chi connectivity index (χ1) is 19.3. The minimum Gasteiger partial charge on any atom is -0.493 e. The molecule has 0 aliphatic carbocycles. The molecule has 1 aliphatic heterocycles. The number of hydrogen-bond acceptors (Lipinski definition) is 8. The molecular weight excluding hydrogens is 520 g/mol. The van der Waals surface area contributed by atoms with Gasteiger partial charge in [0.25, 0.3) is 5.91 Å². The van der Waals surface area contributed by atoms with Crippen LogP contribution in [0.5, 0.6) is 5.75 Å². The first kappa shape index (κ1) is 30.4. The molecule has 0 radical (unpaired) electrons. The van der Waals surface area contributed by atoms with Gasteiger partial charge in [-0.05, 0) is 26.2 Å². The highest BCUT2D eigenvalue weighted by atomic mass is 16.6. The van der Waals surface area contributed by atoms with Gasteiger partial charge >= 0.3 is 12.1 Å². The largest absolute Gasteiger partial charge is 0.493 e. The lowest BCUT2D eigenvalue weighted by Crippen LogP contribution is -2.56. The number of unbranched alkanes of at least 4 members (excludes halogenated alkanes) is 1. The number of aliphatic hydroxyl groups is 1. The number of pyridine rings is 1. The number of benzene rings is 1. The molecule has 0 unspecified atom stereocenters. The van der Waals surface area contributed by atoms with Crippen molar-refractivity contribution in [2.75, 3.05) is 46.0 Å². The summed E-state index contributed by atoms with van der Waals surface area (Å²) in [6.45, 7) is 3.32. The maximum Gasteiger partial charge on any atom is 0.409 e. The number of carboxylic acids is 1. The number of carbonyl (C=O) groups is 4. The van der Waals surface area contributed by atoms with E-state index in [4.69, 9.17) is 14.6 Å². The Kier molecular flexibility index (Phi) is 11.7. The van der Waals surface area contributed by atoms with Crippen LogP contribution in [-0.2, 0) is 14.3 Å². The monoisotopic (exact) mass is 556 g/mol. The third kappa shape index (κ3) is 8.94. The zero-order chi connectivity index (χ0) is 28.9. The molecule has 0 bridgehead atoms. The van der Waals surface area contributed by atoms with Crippen LogP contribution in [0.15, 0.2) is 42.5 Å². The van der Waals surface area contributed by atoms with E-state index in [1.54, 1.807) is 13.0 Å². The van der Waals surface area contributed by atoms with Gasteiger partial charge < -0.3 is 34.8 Å². The van der Waals surface area contributed by atoms with Gasteiger partial charge in [0.15, 0.2) is 0 Å². The quantitative estimate of drug-likeness (QED) is 0.314. The Morgan fingerprint density at radius 3 is 2.38 bits per heavy atom. The second kappa shape index (κ2) is 15.4. The number of rotatable bonds is 13. The van der Waals surface area contributed by atoms with E-state index < -0.39 is 29.9 Å². The number of aliphatic carboxylic acids is 1. The van der Waals surface area contributed by atoms with Crippen molar-refractivity contribution in [2.45, 2.75) is 38.6 Å². The van der Waals surface area contributed by atoms with Gasteiger partial charge in [0.1, 0.15) is 17.5 Å². The number of ether oxygens (including phenoxy) is 2. The second-order valence-electron chi connectivity index (χ2n) is 9.19. The van der Waals surface area contributed by atoms with E-state index in [2.05, 4.69) is 10.3 Å². The highest BCUT2D eigenvalue weighted by Crippen LogP contribution is 2.24. The van der Waals surface area contributed by atoms with Gasteiger partial charge in [-0.3, -0.25) is 14.4 Å². The number of nitrogens with one attached hydrogen (secondary N) is 1. The molecule has 1 aromatic heterocycles. The second-order valence-corrected chi connectivity index (χ2v) is 9.19. The van der Waals surface area contributed by atoms with Crippen LogP contribution in [0.1, 0.15) is 43.1 Å². The van der Waals surface area contributed by atoms with Crippen LogP contribution < -0.4 is 10.1 Å². The lowest BCUT2D eigenvalue weighted by Gasteiger charge is -2.35. The molecule has 3 rings (SSSR count). The highest BCUT2D eigenvalue weighted by Gasteiger charge is 2.31.